The van der Waals surface area contributed by atoms with E-state index < -0.39 is 0 Å². The van der Waals surface area contributed by atoms with Gasteiger partial charge in [0.2, 0.25) is 5.95 Å². The molecule has 2 heterocycles. The van der Waals surface area contributed by atoms with Crippen molar-refractivity contribution in [2.45, 2.75) is 39.2 Å². The van der Waals surface area contributed by atoms with Crippen molar-refractivity contribution in [3.63, 3.8) is 0 Å². The van der Waals surface area contributed by atoms with E-state index in [9.17, 15) is 0 Å². The highest BCUT2D eigenvalue weighted by Crippen LogP contribution is 2.27. The number of aromatic nitrogens is 3. The van der Waals surface area contributed by atoms with Crippen LogP contribution >= 0.6 is 11.6 Å². The molecule has 2 N–H and O–H groups in total. The lowest BCUT2D eigenvalue weighted by Gasteiger charge is -2.17. The number of imidazole rings is 1. The summed E-state index contributed by atoms with van der Waals surface area (Å²) in [6.07, 6.45) is 4.86. The monoisotopic (exact) mass is 252 g/mol. The van der Waals surface area contributed by atoms with Gasteiger partial charge in [0.1, 0.15) is 5.52 Å². The molecular weight excluding hydrogens is 236 g/mol. The van der Waals surface area contributed by atoms with Gasteiger partial charge in [-0.05, 0) is 18.9 Å². The largest absolute Gasteiger partial charge is 0.369 e. The first-order valence-corrected chi connectivity index (χ1v) is 6.34. The number of pyridine rings is 1. The Morgan fingerprint density at radius 2 is 2.24 bits per heavy atom. The lowest BCUT2D eigenvalue weighted by Crippen LogP contribution is -2.11. The second-order valence-corrected chi connectivity index (χ2v) is 4.62. The zero-order valence-corrected chi connectivity index (χ0v) is 10.9. The molecule has 0 aliphatic carbocycles. The van der Waals surface area contributed by atoms with Crippen molar-refractivity contribution in [3.05, 3.63) is 17.3 Å². The van der Waals surface area contributed by atoms with E-state index in [1.165, 1.54) is 0 Å². The third-order valence-electron chi connectivity index (χ3n) is 2.98. The molecule has 0 aliphatic heterocycles. The number of nitrogen functional groups attached to an aromatic ring is 1. The van der Waals surface area contributed by atoms with Crippen molar-refractivity contribution in [2.24, 2.45) is 0 Å². The first-order valence-electron chi connectivity index (χ1n) is 5.96. The number of rotatable bonds is 4. The van der Waals surface area contributed by atoms with Crippen LogP contribution in [-0.2, 0) is 0 Å². The lowest BCUT2D eigenvalue weighted by molar-refractivity contribution is 0.461. The van der Waals surface area contributed by atoms with E-state index in [1.54, 1.807) is 12.3 Å². The second kappa shape index (κ2) is 4.92. The Labute approximate surface area is 106 Å². The van der Waals surface area contributed by atoms with Crippen molar-refractivity contribution < 1.29 is 0 Å². The van der Waals surface area contributed by atoms with Crippen LogP contribution in [0, 0.1) is 0 Å². The number of nitrogens with zero attached hydrogens (tertiary/aromatic N) is 3. The van der Waals surface area contributed by atoms with Crippen molar-refractivity contribution in [1.82, 2.24) is 14.5 Å². The van der Waals surface area contributed by atoms with E-state index in [1.807, 2.05) is 4.57 Å². The average molecular weight is 253 g/mol. The van der Waals surface area contributed by atoms with E-state index in [0.717, 1.165) is 30.4 Å². The van der Waals surface area contributed by atoms with Gasteiger partial charge in [-0.1, -0.05) is 31.9 Å². The molecule has 0 saturated carbocycles. The van der Waals surface area contributed by atoms with Gasteiger partial charge in [-0.3, -0.25) is 4.57 Å². The van der Waals surface area contributed by atoms with Crippen molar-refractivity contribution in [3.8, 4) is 0 Å². The zero-order chi connectivity index (χ0) is 12.4. The number of anilines is 1. The predicted molar refractivity (Wildman–Crippen MR) is 71.2 cm³/mol. The Hall–Kier alpha value is -1.29. The van der Waals surface area contributed by atoms with E-state index in [0.29, 0.717) is 17.0 Å². The quantitative estimate of drug-likeness (QED) is 0.907. The van der Waals surface area contributed by atoms with Gasteiger partial charge in [-0.15, -0.1) is 0 Å². The predicted octanol–water partition coefficient (Wildman–Crippen LogP) is 3.42. The Morgan fingerprint density at radius 1 is 1.47 bits per heavy atom. The molecule has 0 radical (unpaired) electrons. The van der Waals surface area contributed by atoms with Crippen LogP contribution in [0.25, 0.3) is 11.2 Å². The van der Waals surface area contributed by atoms with Gasteiger partial charge in [-0.25, -0.2) is 9.97 Å². The summed E-state index contributed by atoms with van der Waals surface area (Å²) in [5.74, 6) is 0.523. The van der Waals surface area contributed by atoms with Crippen LogP contribution in [0.3, 0.4) is 0 Å². The second-order valence-electron chi connectivity index (χ2n) is 4.19. The molecule has 5 heteroatoms. The Balaban J connectivity index is 2.55. The van der Waals surface area contributed by atoms with E-state index >= 15 is 0 Å². The molecule has 0 aromatic carbocycles. The highest BCUT2D eigenvalue weighted by Gasteiger charge is 2.16. The highest BCUT2D eigenvalue weighted by molar-refractivity contribution is 6.31. The SMILES string of the molecule is CCCC(CC)n1c(N)nc2cc(Cl)cnc21. The van der Waals surface area contributed by atoms with E-state index in [-0.39, 0.29) is 0 Å². The number of fused-ring (bicyclic) bond motifs is 1. The maximum absolute atomic E-state index is 5.98. The van der Waals surface area contributed by atoms with Crippen LogP contribution < -0.4 is 5.73 Å². The van der Waals surface area contributed by atoms with Crippen LogP contribution in [0.4, 0.5) is 5.95 Å². The fourth-order valence-corrected chi connectivity index (χ4v) is 2.34. The van der Waals surface area contributed by atoms with Gasteiger partial charge >= 0.3 is 0 Å². The Kier molecular flexibility index (Phi) is 3.52. The van der Waals surface area contributed by atoms with E-state index in [4.69, 9.17) is 17.3 Å². The molecule has 0 spiro atoms. The third-order valence-corrected chi connectivity index (χ3v) is 3.19. The Morgan fingerprint density at radius 3 is 2.88 bits per heavy atom. The summed E-state index contributed by atoms with van der Waals surface area (Å²) in [5.41, 5.74) is 7.57. The molecule has 0 bridgehead atoms. The fourth-order valence-electron chi connectivity index (χ4n) is 2.18. The molecule has 2 aromatic rings. The molecular formula is C12H17ClN4. The summed E-state index contributed by atoms with van der Waals surface area (Å²) in [6, 6.07) is 2.16. The highest BCUT2D eigenvalue weighted by atomic mass is 35.5. The minimum Gasteiger partial charge on any atom is -0.369 e. The summed E-state index contributed by atoms with van der Waals surface area (Å²) in [4.78, 5) is 8.66. The summed E-state index contributed by atoms with van der Waals surface area (Å²) < 4.78 is 2.02. The van der Waals surface area contributed by atoms with Crippen LogP contribution in [0.1, 0.15) is 39.2 Å². The van der Waals surface area contributed by atoms with Gasteiger partial charge in [0.15, 0.2) is 5.65 Å². The first-order chi connectivity index (χ1) is 8.17. The van der Waals surface area contributed by atoms with Crippen LogP contribution in [0.5, 0.6) is 0 Å². The van der Waals surface area contributed by atoms with Gasteiger partial charge in [-0.2, -0.15) is 0 Å². The average Bonchev–Trinajstić information content (AvgIpc) is 2.61. The topological polar surface area (TPSA) is 56.7 Å². The molecule has 0 saturated heterocycles. The van der Waals surface area contributed by atoms with Gasteiger partial charge in [0.25, 0.3) is 0 Å². The Bertz CT molecular complexity index is 520. The van der Waals surface area contributed by atoms with Crippen LogP contribution in [0.2, 0.25) is 5.02 Å². The maximum Gasteiger partial charge on any atom is 0.202 e. The number of hydrogen-bond acceptors (Lipinski definition) is 3. The van der Waals surface area contributed by atoms with E-state index in [2.05, 4.69) is 23.8 Å². The third kappa shape index (κ3) is 2.22. The summed E-state index contributed by atoms with van der Waals surface area (Å²) in [7, 11) is 0. The number of hydrogen-bond donors (Lipinski definition) is 1. The summed E-state index contributed by atoms with van der Waals surface area (Å²) >= 11 is 5.90. The molecule has 1 atom stereocenters. The lowest BCUT2D eigenvalue weighted by atomic mass is 10.1. The zero-order valence-electron chi connectivity index (χ0n) is 10.2. The molecule has 4 nitrogen and oxygen atoms in total. The first kappa shape index (κ1) is 12.2. The normalized spacial score (nSPS) is 13.1. The molecule has 92 valence electrons. The van der Waals surface area contributed by atoms with Crippen molar-refractivity contribution in [1.29, 1.82) is 0 Å². The molecule has 2 rings (SSSR count). The fraction of sp³-hybridized carbons (Fsp3) is 0.500. The van der Waals surface area contributed by atoms with Gasteiger partial charge < -0.3 is 5.73 Å². The van der Waals surface area contributed by atoms with Crippen molar-refractivity contribution >= 4 is 28.7 Å². The van der Waals surface area contributed by atoms with Crippen molar-refractivity contribution in [2.75, 3.05) is 5.73 Å². The van der Waals surface area contributed by atoms with Gasteiger partial charge in [0.05, 0.1) is 5.02 Å². The smallest absolute Gasteiger partial charge is 0.202 e. The standard InChI is InChI=1S/C12H17ClN4/c1-3-5-9(4-2)17-11-10(16-12(17)14)6-8(13)7-15-11/h6-7,9H,3-5H2,1-2H3,(H2,14,16). The molecule has 0 amide bonds. The molecule has 2 aromatic heterocycles. The molecule has 1 unspecified atom stereocenters. The van der Waals surface area contributed by atoms with Crippen LogP contribution in [-0.4, -0.2) is 14.5 Å². The summed E-state index contributed by atoms with van der Waals surface area (Å²) in [5, 5.41) is 0.589. The molecule has 0 aliphatic rings. The minimum atomic E-state index is 0.360. The number of nitrogens with two attached hydrogens (primary N) is 1. The number of halogens is 1. The maximum atomic E-state index is 5.98. The molecule has 0 fully saturated rings. The van der Waals surface area contributed by atoms with Gasteiger partial charge in [0, 0.05) is 12.2 Å². The van der Waals surface area contributed by atoms with Crippen LogP contribution in [0.15, 0.2) is 12.3 Å². The minimum absolute atomic E-state index is 0.360. The summed E-state index contributed by atoms with van der Waals surface area (Å²) in [6.45, 7) is 4.32. The molecule has 17 heavy (non-hydrogen) atoms.